The number of hydrogen-bond donors (Lipinski definition) is 1. The van der Waals surface area contributed by atoms with Gasteiger partial charge in [-0.2, -0.15) is 0 Å². The third-order valence-electron chi connectivity index (χ3n) is 4.22. The SMILES string of the molecule is Cc1cccc(C)c1N1CC2(C(=O)O)CC2C1=O. The summed E-state index contributed by atoms with van der Waals surface area (Å²) in [6.07, 6.45) is 0.503. The fourth-order valence-corrected chi connectivity index (χ4v) is 3.08. The molecule has 1 N–H and O–H groups in total. The van der Waals surface area contributed by atoms with Crippen molar-refractivity contribution in [1.82, 2.24) is 0 Å². The minimum absolute atomic E-state index is 0.0326. The lowest BCUT2D eigenvalue weighted by Crippen LogP contribution is -2.32. The minimum atomic E-state index is -0.838. The molecule has 2 unspecified atom stereocenters. The molecule has 1 saturated carbocycles. The van der Waals surface area contributed by atoms with E-state index in [0.717, 1.165) is 16.8 Å². The number of aliphatic carboxylic acids is 1. The molecule has 4 heteroatoms. The Morgan fingerprint density at radius 2 is 2.00 bits per heavy atom. The van der Waals surface area contributed by atoms with E-state index in [0.29, 0.717) is 13.0 Å². The number of piperidine rings is 1. The Labute approximate surface area is 105 Å². The van der Waals surface area contributed by atoms with E-state index in [1.165, 1.54) is 0 Å². The van der Waals surface area contributed by atoms with Crippen LogP contribution in [-0.4, -0.2) is 23.5 Å². The zero-order chi connectivity index (χ0) is 13.1. The topological polar surface area (TPSA) is 57.6 Å². The molecule has 0 spiro atoms. The molecule has 0 bridgehead atoms. The average molecular weight is 245 g/mol. The number of aryl methyl sites for hydroxylation is 2. The Hall–Kier alpha value is -1.84. The van der Waals surface area contributed by atoms with E-state index in [4.69, 9.17) is 0 Å². The van der Waals surface area contributed by atoms with E-state index in [-0.39, 0.29) is 11.8 Å². The molecule has 2 aliphatic rings. The maximum absolute atomic E-state index is 12.2. The quantitative estimate of drug-likeness (QED) is 0.863. The summed E-state index contributed by atoms with van der Waals surface area (Å²) >= 11 is 0. The van der Waals surface area contributed by atoms with Crippen LogP contribution in [0.2, 0.25) is 0 Å². The minimum Gasteiger partial charge on any atom is -0.481 e. The molecule has 1 aromatic carbocycles. The van der Waals surface area contributed by atoms with Gasteiger partial charge in [0.15, 0.2) is 0 Å². The van der Waals surface area contributed by atoms with Crippen molar-refractivity contribution < 1.29 is 14.7 Å². The number of anilines is 1. The van der Waals surface area contributed by atoms with Crippen LogP contribution in [0.3, 0.4) is 0 Å². The predicted molar refractivity (Wildman–Crippen MR) is 66.4 cm³/mol. The van der Waals surface area contributed by atoms with Crippen LogP contribution in [0.15, 0.2) is 18.2 Å². The van der Waals surface area contributed by atoms with Crippen molar-refractivity contribution in [2.45, 2.75) is 20.3 Å². The zero-order valence-corrected chi connectivity index (χ0v) is 10.4. The van der Waals surface area contributed by atoms with Gasteiger partial charge < -0.3 is 10.0 Å². The molecule has 94 valence electrons. The summed E-state index contributed by atoms with van der Waals surface area (Å²) in [5, 5.41) is 9.26. The smallest absolute Gasteiger partial charge is 0.312 e. The number of carboxylic acids is 1. The normalized spacial score (nSPS) is 29.3. The molecule has 0 radical (unpaired) electrons. The number of carbonyl (C=O) groups excluding carboxylic acids is 1. The molecule has 1 saturated heterocycles. The van der Waals surface area contributed by atoms with Gasteiger partial charge in [0, 0.05) is 12.2 Å². The standard InChI is InChI=1S/C14H15NO3/c1-8-4-3-5-9(2)11(8)15-7-14(13(17)18)6-10(14)12(15)16/h3-5,10H,6-7H2,1-2H3,(H,17,18). The van der Waals surface area contributed by atoms with E-state index in [1.54, 1.807) is 4.90 Å². The van der Waals surface area contributed by atoms with Crippen LogP contribution in [0.5, 0.6) is 0 Å². The summed E-state index contributed by atoms with van der Waals surface area (Å²) in [5.74, 6) is -1.18. The third kappa shape index (κ3) is 1.26. The molecule has 1 amide bonds. The van der Waals surface area contributed by atoms with Crippen LogP contribution in [0.25, 0.3) is 0 Å². The Morgan fingerprint density at radius 3 is 2.50 bits per heavy atom. The second-order valence-electron chi connectivity index (χ2n) is 5.38. The van der Waals surface area contributed by atoms with E-state index in [1.807, 2.05) is 32.0 Å². The predicted octanol–water partition coefficient (Wildman–Crippen LogP) is 1.74. The molecule has 1 aromatic rings. The summed E-state index contributed by atoms with van der Waals surface area (Å²) in [5.41, 5.74) is 2.11. The second-order valence-corrected chi connectivity index (χ2v) is 5.38. The van der Waals surface area contributed by atoms with Crippen LogP contribution in [0.1, 0.15) is 17.5 Å². The first-order chi connectivity index (χ1) is 8.47. The Bertz CT molecular complexity index is 546. The highest BCUT2D eigenvalue weighted by molar-refractivity contribution is 6.07. The van der Waals surface area contributed by atoms with Crippen molar-refractivity contribution in [3.05, 3.63) is 29.3 Å². The van der Waals surface area contributed by atoms with Crippen LogP contribution in [0, 0.1) is 25.2 Å². The zero-order valence-electron chi connectivity index (χ0n) is 10.4. The molecule has 1 aliphatic carbocycles. The molecule has 2 fully saturated rings. The summed E-state index contributed by atoms with van der Waals surface area (Å²) in [4.78, 5) is 25.2. The highest BCUT2D eigenvalue weighted by Gasteiger charge is 2.70. The summed E-state index contributed by atoms with van der Waals surface area (Å²) < 4.78 is 0. The number of nitrogens with zero attached hydrogens (tertiary/aromatic N) is 1. The fraction of sp³-hybridized carbons (Fsp3) is 0.429. The summed E-state index contributed by atoms with van der Waals surface area (Å²) in [6, 6.07) is 5.85. The number of fused-ring (bicyclic) bond motifs is 1. The van der Waals surface area contributed by atoms with Gasteiger partial charge in [-0.1, -0.05) is 18.2 Å². The highest BCUT2D eigenvalue weighted by Crippen LogP contribution is 2.59. The van der Waals surface area contributed by atoms with Crippen molar-refractivity contribution >= 4 is 17.6 Å². The number of benzene rings is 1. The maximum atomic E-state index is 12.2. The number of carbonyl (C=O) groups is 2. The van der Waals surface area contributed by atoms with E-state index in [9.17, 15) is 14.7 Å². The van der Waals surface area contributed by atoms with Crippen molar-refractivity contribution in [1.29, 1.82) is 0 Å². The highest BCUT2D eigenvalue weighted by atomic mass is 16.4. The molecule has 1 aliphatic heterocycles. The molecule has 2 atom stereocenters. The van der Waals surface area contributed by atoms with Gasteiger partial charge in [-0.3, -0.25) is 9.59 Å². The first kappa shape index (κ1) is 11.3. The monoisotopic (exact) mass is 245 g/mol. The van der Waals surface area contributed by atoms with Gasteiger partial charge in [-0.05, 0) is 31.4 Å². The number of rotatable bonds is 2. The van der Waals surface area contributed by atoms with Crippen molar-refractivity contribution in [3.63, 3.8) is 0 Å². The molecule has 4 nitrogen and oxygen atoms in total. The van der Waals surface area contributed by atoms with Crippen molar-refractivity contribution in [2.24, 2.45) is 11.3 Å². The van der Waals surface area contributed by atoms with Gasteiger partial charge in [0.05, 0.1) is 11.3 Å². The Morgan fingerprint density at radius 1 is 1.39 bits per heavy atom. The summed E-state index contributed by atoms with van der Waals surface area (Å²) in [7, 11) is 0. The number of hydrogen-bond acceptors (Lipinski definition) is 2. The van der Waals surface area contributed by atoms with Crippen LogP contribution < -0.4 is 4.90 Å². The van der Waals surface area contributed by atoms with Crippen LogP contribution >= 0.6 is 0 Å². The van der Waals surface area contributed by atoms with Gasteiger partial charge in [-0.15, -0.1) is 0 Å². The van der Waals surface area contributed by atoms with Crippen LogP contribution in [-0.2, 0) is 9.59 Å². The summed E-state index contributed by atoms with van der Waals surface area (Å²) in [6.45, 7) is 4.22. The molecular weight excluding hydrogens is 230 g/mol. The van der Waals surface area contributed by atoms with Gasteiger partial charge in [0.1, 0.15) is 0 Å². The molecule has 0 aromatic heterocycles. The first-order valence-corrected chi connectivity index (χ1v) is 6.08. The number of amides is 1. The van der Waals surface area contributed by atoms with Gasteiger partial charge in [0.25, 0.3) is 0 Å². The van der Waals surface area contributed by atoms with Crippen molar-refractivity contribution in [2.75, 3.05) is 11.4 Å². The molecule has 18 heavy (non-hydrogen) atoms. The lowest BCUT2D eigenvalue weighted by atomic mass is 10.1. The first-order valence-electron chi connectivity index (χ1n) is 6.08. The lowest BCUT2D eigenvalue weighted by molar-refractivity contribution is -0.143. The van der Waals surface area contributed by atoms with E-state index < -0.39 is 11.4 Å². The lowest BCUT2D eigenvalue weighted by Gasteiger charge is -2.23. The Balaban J connectivity index is 2.01. The van der Waals surface area contributed by atoms with Gasteiger partial charge in [-0.25, -0.2) is 0 Å². The largest absolute Gasteiger partial charge is 0.481 e. The van der Waals surface area contributed by atoms with Gasteiger partial charge >= 0.3 is 5.97 Å². The average Bonchev–Trinajstić information content (AvgIpc) is 2.96. The maximum Gasteiger partial charge on any atom is 0.312 e. The van der Waals surface area contributed by atoms with E-state index in [2.05, 4.69) is 0 Å². The van der Waals surface area contributed by atoms with E-state index >= 15 is 0 Å². The van der Waals surface area contributed by atoms with Crippen molar-refractivity contribution in [3.8, 4) is 0 Å². The molecular formula is C14H15NO3. The number of carboxylic acid groups (broad SMARTS) is 1. The van der Waals surface area contributed by atoms with Gasteiger partial charge in [0.2, 0.25) is 5.91 Å². The molecule has 3 rings (SSSR count). The fourth-order valence-electron chi connectivity index (χ4n) is 3.08. The third-order valence-corrected chi connectivity index (χ3v) is 4.22. The second kappa shape index (κ2) is 3.34. The van der Waals surface area contributed by atoms with Crippen LogP contribution in [0.4, 0.5) is 5.69 Å². The molecule has 1 heterocycles. The number of para-hydroxylation sites is 1. The Kier molecular flexibility index (Phi) is 2.09.